The molecule has 0 spiro atoms. The Kier molecular flexibility index (Phi) is 5.15. The molecule has 1 aliphatic carbocycles. The molecule has 1 aromatic rings. The first-order valence-electron chi connectivity index (χ1n) is 6.71. The quantitative estimate of drug-likeness (QED) is 0.684. The zero-order chi connectivity index (χ0) is 12.6. The average Bonchev–Trinajstić information content (AvgIpc) is 3.19. The van der Waals surface area contributed by atoms with Crippen LogP contribution in [0.2, 0.25) is 0 Å². The first kappa shape index (κ1) is 13.0. The number of aromatic nitrogens is 1. The molecule has 2 rings (SSSR count). The number of nitrogens with one attached hydrogen (secondary N) is 2. The second-order valence-corrected chi connectivity index (χ2v) is 4.89. The van der Waals surface area contributed by atoms with Gasteiger partial charge in [-0.25, -0.2) is 0 Å². The minimum Gasteiger partial charge on any atom is -0.356 e. The normalized spacial score (nSPS) is 14.4. The lowest BCUT2D eigenvalue weighted by Crippen LogP contribution is -2.27. The smallest absolute Gasteiger partial charge is 0.220 e. The van der Waals surface area contributed by atoms with Crippen molar-refractivity contribution in [3.05, 3.63) is 30.1 Å². The van der Waals surface area contributed by atoms with Crippen molar-refractivity contribution in [2.75, 3.05) is 13.1 Å². The highest BCUT2D eigenvalue weighted by atomic mass is 16.1. The zero-order valence-electron chi connectivity index (χ0n) is 10.7. The summed E-state index contributed by atoms with van der Waals surface area (Å²) >= 11 is 0. The van der Waals surface area contributed by atoms with Gasteiger partial charge in [0.1, 0.15) is 0 Å². The summed E-state index contributed by atoms with van der Waals surface area (Å²) in [6.07, 6.45) is 7.81. The van der Waals surface area contributed by atoms with Gasteiger partial charge >= 0.3 is 0 Å². The van der Waals surface area contributed by atoms with Crippen molar-refractivity contribution in [2.45, 2.75) is 32.2 Å². The lowest BCUT2D eigenvalue weighted by molar-refractivity contribution is -0.121. The van der Waals surface area contributed by atoms with Gasteiger partial charge in [-0.2, -0.15) is 0 Å². The molecule has 0 aromatic carbocycles. The Hall–Kier alpha value is -1.42. The largest absolute Gasteiger partial charge is 0.356 e. The predicted molar refractivity (Wildman–Crippen MR) is 70.9 cm³/mol. The Morgan fingerprint density at radius 3 is 3.00 bits per heavy atom. The average molecular weight is 247 g/mol. The Morgan fingerprint density at radius 2 is 2.28 bits per heavy atom. The summed E-state index contributed by atoms with van der Waals surface area (Å²) in [6.45, 7) is 2.52. The van der Waals surface area contributed by atoms with Crippen molar-refractivity contribution in [3.8, 4) is 0 Å². The Balaban J connectivity index is 1.45. The second kappa shape index (κ2) is 7.11. The summed E-state index contributed by atoms with van der Waals surface area (Å²) in [5, 5.41) is 6.30. The third kappa shape index (κ3) is 5.27. The van der Waals surface area contributed by atoms with Crippen LogP contribution >= 0.6 is 0 Å². The van der Waals surface area contributed by atoms with Gasteiger partial charge in [-0.3, -0.25) is 9.78 Å². The van der Waals surface area contributed by atoms with Crippen molar-refractivity contribution < 1.29 is 4.79 Å². The lowest BCUT2D eigenvalue weighted by Gasteiger charge is -2.06. The lowest BCUT2D eigenvalue weighted by atomic mass is 10.2. The molecule has 4 heteroatoms. The third-order valence-electron chi connectivity index (χ3n) is 3.08. The zero-order valence-corrected chi connectivity index (χ0v) is 10.7. The number of pyridine rings is 1. The molecule has 0 unspecified atom stereocenters. The standard InChI is InChI=1S/C14H21N3O/c18-14(9-12-4-5-12)17-8-2-7-16-11-13-3-1-6-15-10-13/h1,3,6,10,12,16H,2,4-5,7-9,11H2,(H,17,18). The van der Waals surface area contributed by atoms with Gasteiger partial charge in [0.05, 0.1) is 0 Å². The summed E-state index contributed by atoms with van der Waals surface area (Å²) in [5.41, 5.74) is 1.19. The van der Waals surface area contributed by atoms with Crippen LogP contribution in [0.1, 0.15) is 31.2 Å². The van der Waals surface area contributed by atoms with E-state index >= 15 is 0 Å². The molecular formula is C14H21N3O. The first-order valence-corrected chi connectivity index (χ1v) is 6.71. The van der Waals surface area contributed by atoms with Gasteiger partial charge in [-0.15, -0.1) is 0 Å². The molecule has 4 nitrogen and oxygen atoms in total. The van der Waals surface area contributed by atoms with Crippen LogP contribution in [0.5, 0.6) is 0 Å². The SMILES string of the molecule is O=C(CC1CC1)NCCCNCc1cccnc1. The number of carbonyl (C=O) groups is 1. The fourth-order valence-electron chi connectivity index (χ4n) is 1.83. The molecule has 2 N–H and O–H groups in total. The van der Waals surface area contributed by atoms with E-state index in [-0.39, 0.29) is 5.91 Å². The molecule has 98 valence electrons. The number of hydrogen-bond acceptors (Lipinski definition) is 3. The van der Waals surface area contributed by atoms with Crippen LogP contribution in [0.15, 0.2) is 24.5 Å². The van der Waals surface area contributed by atoms with Gasteiger partial charge in [0.15, 0.2) is 0 Å². The highest BCUT2D eigenvalue weighted by Crippen LogP contribution is 2.31. The molecule has 1 heterocycles. The van der Waals surface area contributed by atoms with E-state index in [4.69, 9.17) is 0 Å². The second-order valence-electron chi connectivity index (χ2n) is 4.89. The Labute approximate surface area is 108 Å². The van der Waals surface area contributed by atoms with E-state index in [2.05, 4.69) is 21.7 Å². The molecule has 1 fully saturated rings. The van der Waals surface area contributed by atoms with E-state index in [1.54, 1.807) is 6.20 Å². The first-order chi connectivity index (χ1) is 8.84. The Morgan fingerprint density at radius 1 is 1.39 bits per heavy atom. The van der Waals surface area contributed by atoms with Crippen LogP contribution in [0.3, 0.4) is 0 Å². The van der Waals surface area contributed by atoms with Crippen LogP contribution in [0.25, 0.3) is 0 Å². The van der Waals surface area contributed by atoms with Crippen LogP contribution in [0, 0.1) is 5.92 Å². The molecule has 1 aliphatic rings. The number of hydrogen-bond donors (Lipinski definition) is 2. The van der Waals surface area contributed by atoms with Gasteiger partial charge in [-0.05, 0) is 43.4 Å². The highest BCUT2D eigenvalue weighted by Gasteiger charge is 2.23. The maximum Gasteiger partial charge on any atom is 0.220 e. The summed E-state index contributed by atoms with van der Waals surface area (Å²) in [6, 6.07) is 3.99. The minimum absolute atomic E-state index is 0.213. The maximum atomic E-state index is 11.4. The summed E-state index contributed by atoms with van der Waals surface area (Å²) in [7, 11) is 0. The third-order valence-corrected chi connectivity index (χ3v) is 3.08. The molecule has 18 heavy (non-hydrogen) atoms. The monoisotopic (exact) mass is 247 g/mol. The number of carbonyl (C=O) groups excluding carboxylic acids is 1. The molecule has 1 saturated carbocycles. The van der Waals surface area contributed by atoms with Gasteiger partial charge in [-0.1, -0.05) is 6.07 Å². The van der Waals surface area contributed by atoms with Gasteiger partial charge in [0.2, 0.25) is 5.91 Å². The van der Waals surface area contributed by atoms with Crippen LogP contribution in [0.4, 0.5) is 0 Å². The van der Waals surface area contributed by atoms with E-state index in [0.717, 1.165) is 32.5 Å². The molecule has 0 atom stereocenters. The van der Waals surface area contributed by atoms with Crippen molar-refractivity contribution in [1.82, 2.24) is 15.6 Å². The van der Waals surface area contributed by atoms with Gasteiger partial charge < -0.3 is 10.6 Å². The van der Waals surface area contributed by atoms with E-state index in [1.807, 2.05) is 12.3 Å². The number of rotatable bonds is 8. The summed E-state index contributed by atoms with van der Waals surface area (Å²) in [4.78, 5) is 15.5. The fraction of sp³-hybridized carbons (Fsp3) is 0.571. The van der Waals surface area contributed by atoms with Crippen molar-refractivity contribution in [2.24, 2.45) is 5.92 Å². The molecule has 1 aromatic heterocycles. The molecular weight excluding hydrogens is 226 g/mol. The predicted octanol–water partition coefficient (Wildman–Crippen LogP) is 1.48. The molecule has 0 saturated heterocycles. The van der Waals surface area contributed by atoms with Crippen LogP contribution < -0.4 is 10.6 Å². The number of amides is 1. The van der Waals surface area contributed by atoms with E-state index in [0.29, 0.717) is 5.92 Å². The van der Waals surface area contributed by atoms with E-state index in [9.17, 15) is 4.79 Å². The molecule has 0 aliphatic heterocycles. The van der Waals surface area contributed by atoms with Crippen molar-refractivity contribution in [1.29, 1.82) is 0 Å². The van der Waals surface area contributed by atoms with Crippen molar-refractivity contribution in [3.63, 3.8) is 0 Å². The van der Waals surface area contributed by atoms with Crippen molar-refractivity contribution >= 4 is 5.91 Å². The van der Waals surface area contributed by atoms with Crippen LogP contribution in [-0.4, -0.2) is 24.0 Å². The highest BCUT2D eigenvalue weighted by molar-refractivity contribution is 5.76. The molecule has 1 amide bonds. The summed E-state index contributed by atoms with van der Waals surface area (Å²) < 4.78 is 0. The van der Waals surface area contributed by atoms with E-state index < -0.39 is 0 Å². The molecule has 0 radical (unpaired) electrons. The summed E-state index contributed by atoms with van der Waals surface area (Å²) in [5.74, 6) is 0.887. The number of nitrogens with zero attached hydrogens (tertiary/aromatic N) is 1. The Bertz CT molecular complexity index is 363. The molecule has 0 bridgehead atoms. The van der Waals surface area contributed by atoms with E-state index in [1.165, 1.54) is 18.4 Å². The van der Waals surface area contributed by atoms with Gasteiger partial charge in [0.25, 0.3) is 0 Å². The maximum absolute atomic E-state index is 11.4. The minimum atomic E-state index is 0.213. The van der Waals surface area contributed by atoms with Crippen LogP contribution in [-0.2, 0) is 11.3 Å². The fourth-order valence-corrected chi connectivity index (χ4v) is 1.83. The van der Waals surface area contributed by atoms with Gasteiger partial charge in [0, 0.05) is 31.9 Å². The topological polar surface area (TPSA) is 54.0 Å².